The fraction of sp³-hybridized carbons (Fsp3) is 0.208. The van der Waals surface area contributed by atoms with Crippen molar-refractivity contribution in [3.05, 3.63) is 89.4 Å². The largest absolute Gasteiger partial charge is 0.495 e. The zero-order valence-electron chi connectivity index (χ0n) is 17.9. The van der Waals surface area contributed by atoms with Crippen LogP contribution in [0.15, 0.2) is 83.8 Å². The molecule has 0 aliphatic heterocycles. The molecule has 168 valence electrons. The van der Waals surface area contributed by atoms with E-state index in [-0.39, 0.29) is 22.4 Å². The average molecular weight is 473 g/mol. The number of carbonyl (C=O) groups excluding carboxylic acids is 1. The van der Waals surface area contributed by atoms with E-state index in [0.717, 1.165) is 9.87 Å². The molecule has 0 aliphatic rings. The van der Waals surface area contributed by atoms with Crippen LogP contribution in [-0.4, -0.2) is 28.0 Å². The average Bonchev–Trinajstić information content (AvgIpc) is 2.82. The van der Waals surface area contributed by atoms with Crippen LogP contribution in [0.4, 0.5) is 5.69 Å². The van der Waals surface area contributed by atoms with Crippen molar-refractivity contribution in [1.29, 1.82) is 0 Å². The van der Waals surface area contributed by atoms with Crippen LogP contribution in [0.25, 0.3) is 0 Å². The van der Waals surface area contributed by atoms with E-state index in [1.54, 1.807) is 30.3 Å². The summed E-state index contributed by atoms with van der Waals surface area (Å²) in [5, 5.41) is 3.26. The number of nitrogens with one attached hydrogen (secondary N) is 1. The Labute approximate surface area is 193 Å². The maximum Gasteiger partial charge on any atom is 0.264 e. The molecule has 0 fully saturated rings. The number of halogens is 1. The zero-order chi connectivity index (χ0) is 23.1. The van der Waals surface area contributed by atoms with E-state index in [1.807, 2.05) is 37.3 Å². The van der Waals surface area contributed by atoms with Gasteiger partial charge in [-0.1, -0.05) is 67.1 Å². The minimum Gasteiger partial charge on any atom is -0.495 e. The Bertz CT molecular complexity index is 1160. The summed E-state index contributed by atoms with van der Waals surface area (Å²) in [5.41, 5.74) is 1.13. The smallest absolute Gasteiger partial charge is 0.264 e. The van der Waals surface area contributed by atoms with Gasteiger partial charge >= 0.3 is 0 Å². The molecule has 1 unspecified atom stereocenters. The number of hydrogen-bond donors (Lipinski definition) is 1. The lowest BCUT2D eigenvalue weighted by Gasteiger charge is -2.27. The number of sulfonamides is 1. The minimum atomic E-state index is -4.07. The number of carbonyl (C=O) groups is 1. The summed E-state index contributed by atoms with van der Waals surface area (Å²) in [5.74, 6) is -0.154. The molecule has 3 aromatic rings. The summed E-state index contributed by atoms with van der Waals surface area (Å²) in [6, 6.07) is 21.9. The molecule has 1 amide bonds. The van der Waals surface area contributed by atoms with E-state index in [4.69, 9.17) is 16.3 Å². The quantitative estimate of drug-likeness (QED) is 0.484. The van der Waals surface area contributed by atoms with E-state index in [0.29, 0.717) is 11.4 Å². The van der Waals surface area contributed by atoms with Gasteiger partial charge in [0, 0.05) is 5.02 Å². The Morgan fingerprint density at radius 3 is 2.25 bits per heavy atom. The van der Waals surface area contributed by atoms with Crippen molar-refractivity contribution in [1.82, 2.24) is 5.32 Å². The number of ether oxygens (including phenoxy) is 1. The van der Waals surface area contributed by atoms with Gasteiger partial charge in [-0.25, -0.2) is 8.42 Å². The molecule has 0 saturated carbocycles. The van der Waals surface area contributed by atoms with Crippen molar-refractivity contribution >= 4 is 33.2 Å². The van der Waals surface area contributed by atoms with Gasteiger partial charge < -0.3 is 10.1 Å². The van der Waals surface area contributed by atoms with Gasteiger partial charge in [-0.05, 0) is 42.3 Å². The maximum absolute atomic E-state index is 13.5. The zero-order valence-corrected chi connectivity index (χ0v) is 19.4. The van der Waals surface area contributed by atoms with Gasteiger partial charge in [0.2, 0.25) is 5.91 Å². The van der Waals surface area contributed by atoms with Gasteiger partial charge in [0.05, 0.1) is 23.7 Å². The van der Waals surface area contributed by atoms with E-state index in [1.165, 1.54) is 25.3 Å². The van der Waals surface area contributed by atoms with Crippen LogP contribution in [0.1, 0.15) is 24.9 Å². The van der Waals surface area contributed by atoms with Crippen LogP contribution in [-0.2, 0) is 14.8 Å². The molecule has 0 saturated heterocycles. The van der Waals surface area contributed by atoms with Crippen LogP contribution in [0.2, 0.25) is 5.02 Å². The first kappa shape index (κ1) is 23.6. The van der Waals surface area contributed by atoms with Crippen LogP contribution >= 0.6 is 11.6 Å². The molecule has 6 nitrogen and oxygen atoms in total. The predicted molar refractivity (Wildman–Crippen MR) is 127 cm³/mol. The first-order valence-electron chi connectivity index (χ1n) is 10.1. The predicted octanol–water partition coefficient (Wildman–Crippen LogP) is 4.81. The second kappa shape index (κ2) is 10.5. The summed E-state index contributed by atoms with van der Waals surface area (Å²) in [6.45, 7) is 1.52. The normalized spacial score (nSPS) is 12.1. The summed E-state index contributed by atoms with van der Waals surface area (Å²) < 4.78 is 33.4. The molecule has 32 heavy (non-hydrogen) atoms. The third kappa shape index (κ3) is 5.41. The molecule has 8 heteroatoms. The van der Waals surface area contributed by atoms with Gasteiger partial charge in [0.15, 0.2) is 0 Å². The first-order chi connectivity index (χ1) is 15.4. The molecular weight excluding hydrogens is 448 g/mol. The van der Waals surface area contributed by atoms with E-state index < -0.39 is 22.5 Å². The van der Waals surface area contributed by atoms with Crippen molar-refractivity contribution in [3.8, 4) is 5.75 Å². The van der Waals surface area contributed by atoms with Gasteiger partial charge in [0.1, 0.15) is 12.3 Å². The maximum atomic E-state index is 13.5. The van der Waals surface area contributed by atoms with Crippen molar-refractivity contribution in [2.24, 2.45) is 0 Å². The number of rotatable bonds is 9. The lowest BCUT2D eigenvalue weighted by atomic mass is 10.0. The van der Waals surface area contributed by atoms with Gasteiger partial charge in [-0.15, -0.1) is 0 Å². The fourth-order valence-corrected chi connectivity index (χ4v) is 4.96. The van der Waals surface area contributed by atoms with Gasteiger partial charge in [-0.3, -0.25) is 9.10 Å². The summed E-state index contributed by atoms with van der Waals surface area (Å²) in [4.78, 5) is 13.1. The van der Waals surface area contributed by atoms with Gasteiger partial charge in [-0.2, -0.15) is 0 Å². The summed E-state index contributed by atoms with van der Waals surface area (Å²) in [6.07, 6.45) is 0.654. The Kier molecular flexibility index (Phi) is 7.77. The Morgan fingerprint density at radius 1 is 1.03 bits per heavy atom. The summed E-state index contributed by atoms with van der Waals surface area (Å²) >= 11 is 6.16. The number of anilines is 1. The van der Waals surface area contributed by atoms with Crippen molar-refractivity contribution in [3.63, 3.8) is 0 Å². The van der Waals surface area contributed by atoms with Gasteiger partial charge in [0.25, 0.3) is 10.0 Å². The SMILES string of the molecule is CCC(NC(=O)CN(c1cc(Cl)ccc1OC)S(=O)(=O)c1ccccc1)c1ccccc1. The van der Waals surface area contributed by atoms with Crippen molar-refractivity contribution in [2.75, 3.05) is 18.0 Å². The third-order valence-corrected chi connectivity index (χ3v) is 6.98. The molecule has 0 bridgehead atoms. The molecule has 0 radical (unpaired) electrons. The lowest BCUT2D eigenvalue weighted by molar-refractivity contribution is -0.120. The van der Waals surface area contributed by atoms with Crippen molar-refractivity contribution < 1.29 is 17.9 Å². The molecule has 0 aliphatic carbocycles. The monoisotopic (exact) mass is 472 g/mol. The Morgan fingerprint density at radius 2 is 1.66 bits per heavy atom. The molecule has 0 aromatic heterocycles. The molecule has 3 rings (SSSR count). The molecule has 1 N–H and O–H groups in total. The Balaban J connectivity index is 1.98. The highest BCUT2D eigenvalue weighted by atomic mass is 35.5. The van der Waals surface area contributed by atoms with Crippen molar-refractivity contribution in [2.45, 2.75) is 24.3 Å². The second-order valence-corrected chi connectivity index (χ2v) is 9.38. The fourth-order valence-electron chi connectivity index (χ4n) is 3.35. The highest BCUT2D eigenvalue weighted by Gasteiger charge is 2.30. The topological polar surface area (TPSA) is 75.7 Å². The highest BCUT2D eigenvalue weighted by molar-refractivity contribution is 7.92. The van der Waals surface area contributed by atoms with E-state index in [9.17, 15) is 13.2 Å². The van der Waals surface area contributed by atoms with Crippen LogP contribution in [0.3, 0.4) is 0 Å². The first-order valence-corrected chi connectivity index (χ1v) is 11.9. The highest BCUT2D eigenvalue weighted by Crippen LogP contribution is 2.34. The number of methoxy groups -OCH3 is 1. The number of hydrogen-bond acceptors (Lipinski definition) is 4. The minimum absolute atomic E-state index is 0.0601. The molecule has 0 heterocycles. The molecule has 0 spiro atoms. The van der Waals surface area contributed by atoms with Crippen LogP contribution in [0.5, 0.6) is 5.75 Å². The molecular formula is C24H25ClN2O4S. The second-order valence-electron chi connectivity index (χ2n) is 7.08. The standard InChI is InChI=1S/C24H25ClN2O4S/c1-3-21(18-10-6-4-7-11-18)26-24(28)17-27(22-16-19(25)14-15-23(22)31-2)32(29,30)20-12-8-5-9-13-20/h4-16,21H,3,17H2,1-2H3,(H,26,28). The number of benzene rings is 3. The van der Waals surface area contributed by atoms with Crippen LogP contribution in [0, 0.1) is 0 Å². The Hall–Kier alpha value is -3.03. The lowest BCUT2D eigenvalue weighted by Crippen LogP contribution is -2.42. The number of nitrogens with zero attached hydrogens (tertiary/aromatic N) is 1. The molecule has 3 aromatic carbocycles. The van der Waals surface area contributed by atoms with E-state index >= 15 is 0 Å². The van der Waals surface area contributed by atoms with E-state index in [2.05, 4.69) is 5.32 Å². The third-order valence-electron chi connectivity index (χ3n) is 4.97. The number of amides is 1. The van der Waals surface area contributed by atoms with Crippen LogP contribution < -0.4 is 14.4 Å². The summed E-state index contributed by atoms with van der Waals surface area (Å²) in [7, 11) is -2.64. The molecule has 1 atom stereocenters.